The second-order valence-electron chi connectivity index (χ2n) is 4.51. The fourth-order valence-corrected chi connectivity index (χ4v) is 1.65. The number of aromatic nitrogens is 1. The van der Waals surface area contributed by atoms with Crippen molar-refractivity contribution in [3.05, 3.63) is 24.5 Å². The first-order valence-corrected chi connectivity index (χ1v) is 5.70. The summed E-state index contributed by atoms with van der Waals surface area (Å²) in [5, 5.41) is 11.6. The molecule has 1 saturated carbocycles. The smallest absolute Gasteiger partial charge is 0.321 e. The van der Waals surface area contributed by atoms with E-state index in [4.69, 9.17) is 5.11 Å². The summed E-state index contributed by atoms with van der Waals surface area (Å²) in [6.07, 6.45) is 4.45. The molecular formula is C12H15N3O3. The molecule has 2 amide bonds. The summed E-state index contributed by atoms with van der Waals surface area (Å²) in [6, 6.07) is 3.17. The van der Waals surface area contributed by atoms with Gasteiger partial charge in [0.1, 0.15) is 0 Å². The Hall–Kier alpha value is -2.11. The number of nitrogens with zero attached hydrogens (tertiary/aromatic N) is 2. The van der Waals surface area contributed by atoms with Gasteiger partial charge in [-0.3, -0.25) is 14.7 Å². The molecule has 2 N–H and O–H groups in total. The number of carbonyl (C=O) groups is 2. The Labute approximate surface area is 105 Å². The maximum atomic E-state index is 11.8. The largest absolute Gasteiger partial charge is 0.481 e. The summed E-state index contributed by atoms with van der Waals surface area (Å²) in [5.41, 5.74) is -0.0824. The molecule has 0 aliphatic heterocycles. The van der Waals surface area contributed by atoms with Gasteiger partial charge in [-0.25, -0.2) is 4.79 Å². The van der Waals surface area contributed by atoms with Crippen LogP contribution < -0.4 is 10.2 Å². The number of carboxylic acid groups (broad SMARTS) is 1. The summed E-state index contributed by atoms with van der Waals surface area (Å²) < 4.78 is 0. The Morgan fingerprint density at radius 2 is 2.28 bits per heavy atom. The highest BCUT2D eigenvalue weighted by molar-refractivity contribution is 5.91. The molecule has 96 valence electrons. The molecule has 1 fully saturated rings. The minimum atomic E-state index is -0.841. The quantitative estimate of drug-likeness (QED) is 0.836. The van der Waals surface area contributed by atoms with Crippen LogP contribution in [0.3, 0.4) is 0 Å². The second-order valence-corrected chi connectivity index (χ2v) is 4.51. The number of nitrogens with one attached hydrogen (secondary N) is 1. The predicted molar refractivity (Wildman–Crippen MR) is 65.3 cm³/mol. The number of rotatable bonds is 4. The zero-order valence-corrected chi connectivity index (χ0v) is 10.1. The lowest BCUT2D eigenvalue weighted by Gasteiger charge is -2.19. The monoisotopic (exact) mass is 249 g/mol. The highest BCUT2D eigenvalue weighted by Gasteiger charge is 2.50. The van der Waals surface area contributed by atoms with Gasteiger partial charge in [-0.2, -0.15) is 0 Å². The highest BCUT2D eigenvalue weighted by Crippen LogP contribution is 2.45. The molecule has 0 spiro atoms. The Balaban J connectivity index is 1.91. The number of amides is 2. The van der Waals surface area contributed by atoms with Crippen LogP contribution in [0.15, 0.2) is 24.5 Å². The molecule has 0 atom stereocenters. The maximum absolute atomic E-state index is 11.8. The Morgan fingerprint density at radius 1 is 1.56 bits per heavy atom. The van der Waals surface area contributed by atoms with Crippen molar-refractivity contribution >= 4 is 17.7 Å². The number of anilines is 1. The van der Waals surface area contributed by atoms with E-state index in [0.29, 0.717) is 18.5 Å². The van der Waals surface area contributed by atoms with E-state index in [-0.39, 0.29) is 12.6 Å². The Kier molecular flexibility index (Phi) is 3.18. The minimum absolute atomic E-state index is 0.172. The number of hydrogen-bond donors (Lipinski definition) is 2. The lowest BCUT2D eigenvalue weighted by atomic mass is 10.1. The molecule has 0 unspecified atom stereocenters. The summed E-state index contributed by atoms with van der Waals surface area (Å²) >= 11 is 0. The summed E-state index contributed by atoms with van der Waals surface area (Å²) in [6.45, 7) is 0.172. The first kappa shape index (κ1) is 12.3. The van der Waals surface area contributed by atoms with Gasteiger partial charge in [0, 0.05) is 19.8 Å². The maximum Gasteiger partial charge on any atom is 0.321 e. The number of pyridine rings is 1. The van der Waals surface area contributed by atoms with E-state index in [0.717, 1.165) is 0 Å². The van der Waals surface area contributed by atoms with Gasteiger partial charge in [0.2, 0.25) is 0 Å². The normalized spacial score (nSPS) is 15.8. The first-order valence-electron chi connectivity index (χ1n) is 5.70. The lowest BCUT2D eigenvalue weighted by molar-refractivity contribution is -0.143. The summed E-state index contributed by atoms with van der Waals surface area (Å²) in [5.74, 6) is -0.841. The molecule has 1 aromatic rings. The van der Waals surface area contributed by atoms with Crippen LogP contribution in [0.5, 0.6) is 0 Å². The molecule has 1 aliphatic carbocycles. The van der Waals surface area contributed by atoms with Crippen LogP contribution in [0.4, 0.5) is 10.5 Å². The SMILES string of the molecule is CN(C(=O)NCC1(C(=O)O)CC1)c1cccnc1. The van der Waals surface area contributed by atoms with Gasteiger partial charge in [-0.15, -0.1) is 0 Å². The average Bonchev–Trinajstić information content (AvgIpc) is 3.17. The van der Waals surface area contributed by atoms with Crippen LogP contribution in [0.2, 0.25) is 0 Å². The molecule has 1 aliphatic rings. The van der Waals surface area contributed by atoms with Gasteiger partial charge in [-0.1, -0.05) is 0 Å². The number of aliphatic carboxylic acids is 1. The van der Waals surface area contributed by atoms with Crippen LogP contribution >= 0.6 is 0 Å². The molecule has 2 rings (SSSR count). The molecular weight excluding hydrogens is 234 g/mol. The average molecular weight is 249 g/mol. The van der Waals surface area contributed by atoms with E-state index < -0.39 is 11.4 Å². The third-order valence-corrected chi connectivity index (χ3v) is 3.22. The van der Waals surface area contributed by atoms with E-state index in [9.17, 15) is 9.59 Å². The van der Waals surface area contributed by atoms with Crippen molar-refractivity contribution in [1.29, 1.82) is 0 Å². The van der Waals surface area contributed by atoms with Crippen molar-refractivity contribution in [3.63, 3.8) is 0 Å². The third-order valence-electron chi connectivity index (χ3n) is 3.22. The van der Waals surface area contributed by atoms with Gasteiger partial charge in [-0.05, 0) is 25.0 Å². The summed E-state index contributed by atoms with van der Waals surface area (Å²) in [4.78, 5) is 28.1. The van der Waals surface area contributed by atoms with Crippen molar-refractivity contribution in [1.82, 2.24) is 10.3 Å². The van der Waals surface area contributed by atoms with Crippen LogP contribution in [-0.4, -0.2) is 35.7 Å². The second kappa shape index (κ2) is 4.64. The van der Waals surface area contributed by atoms with Crippen molar-refractivity contribution in [2.45, 2.75) is 12.8 Å². The topological polar surface area (TPSA) is 82.5 Å². The van der Waals surface area contributed by atoms with Gasteiger partial charge < -0.3 is 10.4 Å². The van der Waals surface area contributed by atoms with Crippen LogP contribution in [0.25, 0.3) is 0 Å². The van der Waals surface area contributed by atoms with E-state index in [1.807, 2.05) is 0 Å². The predicted octanol–water partition coefficient (Wildman–Crippen LogP) is 1.09. The van der Waals surface area contributed by atoms with Gasteiger partial charge in [0.25, 0.3) is 0 Å². The first-order chi connectivity index (χ1) is 8.55. The number of carboxylic acids is 1. The lowest BCUT2D eigenvalue weighted by Crippen LogP contribution is -2.41. The molecule has 1 heterocycles. The number of carbonyl (C=O) groups excluding carboxylic acids is 1. The van der Waals surface area contributed by atoms with Crippen molar-refractivity contribution in [3.8, 4) is 0 Å². The molecule has 0 radical (unpaired) electrons. The van der Waals surface area contributed by atoms with Gasteiger partial charge in [0.15, 0.2) is 0 Å². The van der Waals surface area contributed by atoms with Crippen LogP contribution in [-0.2, 0) is 4.79 Å². The third kappa shape index (κ3) is 2.42. The van der Waals surface area contributed by atoms with Gasteiger partial charge in [0.05, 0.1) is 17.3 Å². The van der Waals surface area contributed by atoms with Crippen molar-refractivity contribution in [2.75, 3.05) is 18.5 Å². The Morgan fingerprint density at radius 3 is 2.78 bits per heavy atom. The molecule has 6 nitrogen and oxygen atoms in total. The molecule has 1 aromatic heterocycles. The zero-order chi connectivity index (χ0) is 13.2. The van der Waals surface area contributed by atoms with E-state index >= 15 is 0 Å². The van der Waals surface area contributed by atoms with Crippen LogP contribution in [0.1, 0.15) is 12.8 Å². The highest BCUT2D eigenvalue weighted by atomic mass is 16.4. The fourth-order valence-electron chi connectivity index (χ4n) is 1.65. The minimum Gasteiger partial charge on any atom is -0.481 e. The van der Waals surface area contributed by atoms with E-state index in [1.54, 1.807) is 31.6 Å². The molecule has 0 saturated heterocycles. The van der Waals surface area contributed by atoms with Crippen LogP contribution in [0, 0.1) is 5.41 Å². The van der Waals surface area contributed by atoms with Crippen molar-refractivity contribution in [2.24, 2.45) is 5.41 Å². The Bertz CT molecular complexity index is 457. The fraction of sp³-hybridized carbons (Fsp3) is 0.417. The molecule has 6 heteroatoms. The van der Waals surface area contributed by atoms with Crippen molar-refractivity contribution < 1.29 is 14.7 Å². The zero-order valence-electron chi connectivity index (χ0n) is 10.1. The number of urea groups is 1. The molecule has 0 aromatic carbocycles. The van der Waals surface area contributed by atoms with E-state index in [1.165, 1.54) is 4.90 Å². The summed E-state index contributed by atoms with van der Waals surface area (Å²) in [7, 11) is 1.62. The molecule has 0 bridgehead atoms. The molecule has 18 heavy (non-hydrogen) atoms. The number of hydrogen-bond acceptors (Lipinski definition) is 3. The standard InChI is InChI=1S/C12H15N3O3/c1-15(9-3-2-6-13-7-9)11(18)14-8-12(4-5-12)10(16)17/h2-3,6-7H,4-5,8H2,1H3,(H,14,18)(H,16,17). The van der Waals surface area contributed by atoms with Gasteiger partial charge >= 0.3 is 12.0 Å². The van der Waals surface area contributed by atoms with E-state index in [2.05, 4.69) is 10.3 Å².